The van der Waals surface area contributed by atoms with Gasteiger partial charge in [0.1, 0.15) is 0 Å². The Hall–Kier alpha value is -0.610. The molecular weight excluding hydrogens is 230 g/mol. The van der Waals surface area contributed by atoms with E-state index in [9.17, 15) is 4.79 Å². The third-order valence-electron chi connectivity index (χ3n) is 3.98. The Kier molecular flexibility index (Phi) is 5.60. The molecule has 4 heteroatoms. The zero-order chi connectivity index (χ0) is 13.8. The van der Waals surface area contributed by atoms with Crippen molar-refractivity contribution in [3.05, 3.63) is 0 Å². The van der Waals surface area contributed by atoms with Crippen LogP contribution in [0.2, 0.25) is 0 Å². The van der Waals surface area contributed by atoms with Gasteiger partial charge >= 0.3 is 5.97 Å². The molecule has 1 saturated heterocycles. The first-order valence-electron chi connectivity index (χ1n) is 6.85. The summed E-state index contributed by atoms with van der Waals surface area (Å²) in [5.74, 6) is -0.365. The lowest BCUT2D eigenvalue weighted by atomic mass is 9.91. The molecule has 1 aliphatic rings. The quantitative estimate of drug-likeness (QED) is 0.793. The van der Waals surface area contributed by atoms with Gasteiger partial charge in [0, 0.05) is 26.1 Å². The van der Waals surface area contributed by atoms with Crippen LogP contribution < -0.4 is 0 Å². The number of rotatable bonds is 6. The summed E-state index contributed by atoms with van der Waals surface area (Å²) < 4.78 is 5.47. The molecule has 1 N–H and O–H groups in total. The van der Waals surface area contributed by atoms with Crippen molar-refractivity contribution in [2.75, 3.05) is 20.2 Å². The minimum atomic E-state index is -0.674. The molecule has 18 heavy (non-hydrogen) atoms. The fourth-order valence-corrected chi connectivity index (χ4v) is 2.84. The van der Waals surface area contributed by atoms with Crippen LogP contribution in [0.1, 0.15) is 46.5 Å². The zero-order valence-corrected chi connectivity index (χ0v) is 12.1. The fraction of sp³-hybridized carbons (Fsp3) is 0.929. The predicted octanol–water partition coefficient (Wildman–Crippen LogP) is 2.38. The van der Waals surface area contributed by atoms with Crippen molar-refractivity contribution < 1.29 is 14.6 Å². The molecule has 0 spiro atoms. The molecule has 0 saturated carbocycles. The predicted molar refractivity (Wildman–Crippen MR) is 71.7 cm³/mol. The van der Waals surface area contributed by atoms with Crippen molar-refractivity contribution in [2.45, 2.75) is 58.1 Å². The molecule has 2 unspecified atom stereocenters. The van der Waals surface area contributed by atoms with E-state index in [0.717, 1.165) is 32.4 Å². The lowest BCUT2D eigenvalue weighted by molar-refractivity contribution is -0.138. The highest BCUT2D eigenvalue weighted by Gasteiger charge is 2.28. The fourth-order valence-electron chi connectivity index (χ4n) is 2.84. The van der Waals surface area contributed by atoms with Gasteiger partial charge in [0.15, 0.2) is 0 Å². The Morgan fingerprint density at radius 3 is 2.78 bits per heavy atom. The molecule has 2 atom stereocenters. The number of likely N-dealkylation sites (tertiary alicyclic amines) is 1. The standard InChI is InChI=1S/C14H27NO3/c1-11(9-14(2,3)18-4)15-7-5-6-12(10-15)8-13(16)17/h11-12H,5-10H2,1-4H3,(H,16,17). The minimum Gasteiger partial charge on any atom is -0.481 e. The molecule has 0 aromatic heterocycles. The number of carbonyl (C=O) groups is 1. The van der Waals surface area contributed by atoms with Crippen molar-refractivity contribution in [2.24, 2.45) is 5.92 Å². The SMILES string of the molecule is COC(C)(C)CC(C)N1CCCC(CC(=O)O)C1. The van der Waals surface area contributed by atoms with Crippen LogP contribution in [-0.2, 0) is 9.53 Å². The highest BCUT2D eigenvalue weighted by Crippen LogP contribution is 2.25. The van der Waals surface area contributed by atoms with Gasteiger partial charge in [-0.1, -0.05) is 0 Å². The second-order valence-corrected chi connectivity index (χ2v) is 6.12. The number of nitrogens with zero attached hydrogens (tertiary/aromatic N) is 1. The molecular formula is C14H27NO3. The molecule has 1 rings (SSSR count). The van der Waals surface area contributed by atoms with Gasteiger partial charge in [0.05, 0.1) is 5.60 Å². The topological polar surface area (TPSA) is 49.8 Å². The van der Waals surface area contributed by atoms with E-state index >= 15 is 0 Å². The summed E-state index contributed by atoms with van der Waals surface area (Å²) in [6.45, 7) is 8.40. The van der Waals surface area contributed by atoms with E-state index in [2.05, 4.69) is 25.7 Å². The summed E-state index contributed by atoms with van der Waals surface area (Å²) in [4.78, 5) is 13.2. The maximum absolute atomic E-state index is 10.8. The molecule has 0 aromatic carbocycles. The highest BCUT2D eigenvalue weighted by atomic mass is 16.5. The number of carboxylic acid groups (broad SMARTS) is 1. The molecule has 0 radical (unpaired) electrons. The van der Waals surface area contributed by atoms with Crippen LogP contribution in [0.3, 0.4) is 0 Å². The van der Waals surface area contributed by atoms with Gasteiger partial charge in [-0.05, 0) is 52.5 Å². The van der Waals surface area contributed by atoms with Crippen LogP contribution in [0.15, 0.2) is 0 Å². The molecule has 1 aliphatic heterocycles. The lowest BCUT2D eigenvalue weighted by Gasteiger charge is -2.39. The van der Waals surface area contributed by atoms with E-state index in [1.165, 1.54) is 0 Å². The van der Waals surface area contributed by atoms with Gasteiger partial charge in [-0.25, -0.2) is 0 Å². The van der Waals surface area contributed by atoms with Gasteiger partial charge in [-0.15, -0.1) is 0 Å². The smallest absolute Gasteiger partial charge is 0.303 e. The molecule has 4 nitrogen and oxygen atoms in total. The monoisotopic (exact) mass is 257 g/mol. The van der Waals surface area contributed by atoms with E-state index in [1.54, 1.807) is 7.11 Å². The third-order valence-corrected chi connectivity index (χ3v) is 3.98. The molecule has 1 heterocycles. The van der Waals surface area contributed by atoms with Crippen LogP contribution in [0.4, 0.5) is 0 Å². The average molecular weight is 257 g/mol. The van der Waals surface area contributed by atoms with E-state index in [4.69, 9.17) is 9.84 Å². The number of methoxy groups -OCH3 is 1. The third kappa shape index (κ3) is 4.94. The highest BCUT2D eigenvalue weighted by molar-refractivity contribution is 5.67. The van der Waals surface area contributed by atoms with E-state index in [-0.39, 0.29) is 5.60 Å². The van der Waals surface area contributed by atoms with Gasteiger partial charge in [-0.3, -0.25) is 4.79 Å². The second-order valence-electron chi connectivity index (χ2n) is 6.12. The van der Waals surface area contributed by atoms with Crippen molar-refractivity contribution >= 4 is 5.97 Å². The molecule has 0 bridgehead atoms. The lowest BCUT2D eigenvalue weighted by Crippen LogP contribution is -2.44. The number of ether oxygens (including phenoxy) is 1. The number of aliphatic carboxylic acids is 1. The van der Waals surface area contributed by atoms with Crippen LogP contribution >= 0.6 is 0 Å². The Morgan fingerprint density at radius 2 is 2.22 bits per heavy atom. The molecule has 106 valence electrons. The Labute approximate surface area is 110 Å². The summed E-state index contributed by atoms with van der Waals surface area (Å²) in [6, 6.07) is 0.441. The van der Waals surface area contributed by atoms with Crippen molar-refractivity contribution in [3.8, 4) is 0 Å². The molecule has 0 aliphatic carbocycles. The first-order chi connectivity index (χ1) is 8.34. The van der Waals surface area contributed by atoms with E-state index < -0.39 is 5.97 Å². The zero-order valence-electron chi connectivity index (χ0n) is 12.1. The first-order valence-corrected chi connectivity index (χ1v) is 6.85. The molecule has 1 fully saturated rings. The molecule has 0 amide bonds. The minimum absolute atomic E-state index is 0.112. The Balaban J connectivity index is 2.47. The van der Waals surface area contributed by atoms with Crippen molar-refractivity contribution in [1.82, 2.24) is 4.90 Å². The maximum Gasteiger partial charge on any atom is 0.303 e. The summed E-state index contributed by atoms with van der Waals surface area (Å²) in [5, 5.41) is 8.88. The van der Waals surface area contributed by atoms with Crippen LogP contribution in [-0.4, -0.2) is 47.8 Å². The number of piperidine rings is 1. The summed E-state index contributed by atoms with van der Waals surface area (Å²) in [7, 11) is 1.75. The van der Waals surface area contributed by atoms with Crippen LogP contribution in [0, 0.1) is 5.92 Å². The number of carboxylic acids is 1. The van der Waals surface area contributed by atoms with Gasteiger partial charge in [0.2, 0.25) is 0 Å². The average Bonchev–Trinajstić information content (AvgIpc) is 2.28. The van der Waals surface area contributed by atoms with Gasteiger partial charge < -0.3 is 14.7 Å². The summed E-state index contributed by atoms with van der Waals surface area (Å²) >= 11 is 0. The number of hydrogen-bond acceptors (Lipinski definition) is 3. The van der Waals surface area contributed by atoms with Gasteiger partial charge in [-0.2, -0.15) is 0 Å². The second kappa shape index (κ2) is 6.53. The van der Waals surface area contributed by atoms with Crippen molar-refractivity contribution in [3.63, 3.8) is 0 Å². The normalized spacial score (nSPS) is 23.9. The van der Waals surface area contributed by atoms with E-state index in [1.807, 2.05) is 0 Å². The van der Waals surface area contributed by atoms with Crippen LogP contribution in [0.25, 0.3) is 0 Å². The van der Waals surface area contributed by atoms with E-state index in [0.29, 0.717) is 18.4 Å². The first kappa shape index (κ1) is 15.4. The maximum atomic E-state index is 10.8. The summed E-state index contributed by atoms with van der Waals surface area (Å²) in [6.07, 6.45) is 3.43. The Bertz CT molecular complexity index is 278. The van der Waals surface area contributed by atoms with Crippen molar-refractivity contribution in [1.29, 1.82) is 0 Å². The Morgan fingerprint density at radius 1 is 1.56 bits per heavy atom. The van der Waals surface area contributed by atoms with Gasteiger partial charge in [0.25, 0.3) is 0 Å². The van der Waals surface area contributed by atoms with Crippen LogP contribution in [0.5, 0.6) is 0 Å². The molecule has 0 aromatic rings. The largest absolute Gasteiger partial charge is 0.481 e. The summed E-state index contributed by atoms with van der Waals surface area (Å²) in [5.41, 5.74) is -0.112. The number of hydrogen-bond donors (Lipinski definition) is 1.